The van der Waals surface area contributed by atoms with Crippen LogP contribution in [0.25, 0.3) is 0 Å². The highest BCUT2D eigenvalue weighted by atomic mass is 33.1. The topological polar surface area (TPSA) is 160 Å². The van der Waals surface area contributed by atoms with E-state index in [-0.39, 0.29) is 37.0 Å². The minimum atomic E-state index is -0.903. The van der Waals surface area contributed by atoms with Crippen molar-refractivity contribution in [1.82, 2.24) is 21.3 Å². The van der Waals surface area contributed by atoms with E-state index < -0.39 is 41.7 Å². The van der Waals surface area contributed by atoms with Crippen LogP contribution in [0.4, 0.5) is 0 Å². The first-order valence-corrected chi connectivity index (χ1v) is 11.5. The first-order chi connectivity index (χ1) is 14.1. The van der Waals surface area contributed by atoms with E-state index in [9.17, 15) is 28.8 Å². The number of ether oxygens (including phenoxy) is 1. The van der Waals surface area contributed by atoms with Gasteiger partial charge in [-0.3, -0.25) is 28.8 Å². The van der Waals surface area contributed by atoms with Gasteiger partial charge in [-0.2, -0.15) is 0 Å². The first kappa shape index (κ1) is 27.7. The molecule has 0 unspecified atom stereocenters. The van der Waals surface area contributed by atoms with Gasteiger partial charge in [-0.05, 0) is 13.8 Å². The average molecular weight is 465 g/mol. The number of carbonyl (C=O) groups excluding carboxylic acids is 6. The monoisotopic (exact) mass is 464 g/mol. The molecule has 2 atom stereocenters. The van der Waals surface area contributed by atoms with Gasteiger partial charge in [0.2, 0.25) is 23.6 Å². The van der Waals surface area contributed by atoms with E-state index in [0.29, 0.717) is 0 Å². The molecule has 0 heterocycles. The van der Waals surface area contributed by atoms with Gasteiger partial charge in [0.25, 0.3) is 0 Å². The number of esters is 1. The van der Waals surface area contributed by atoms with Crippen molar-refractivity contribution < 1.29 is 33.5 Å². The molecule has 0 aliphatic rings. The molecule has 0 bridgehead atoms. The number of carbonyl (C=O) groups is 6. The van der Waals surface area contributed by atoms with Crippen molar-refractivity contribution in [3.8, 4) is 0 Å². The molecule has 0 rings (SSSR count). The van der Waals surface area contributed by atoms with Crippen LogP contribution in [0.1, 0.15) is 27.7 Å². The summed E-state index contributed by atoms with van der Waals surface area (Å²) in [5.41, 5.74) is 0. The van der Waals surface area contributed by atoms with Crippen molar-refractivity contribution in [3.05, 3.63) is 0 Å². The van der Waals surface area contributed by atoms with Gasteiger partial charge in [0, 0.05) is 25.4 Å². The fourth-order valence-corrected chi connectivity index (χ4v) is 4.25. The summed E-state index contributed by atoms with van der Waals surface area (Å²) in [7, 11) is 2.40. The molecule has 0 saturated carbocycles. The van der Waals surface area contributed by atoms with Crippen molar-refractivity contribution in [2.45, 2.75) is 39.8 Å². The summed E-state index contributed by atoms with van der Waals surface area (Å²) in [5, 5.41) is 9.80. The Labute approximate surface area is 183 Å². The summed E-state index contributed by atoms with van der Waals surface area (Å²) < 4.78 is 4.72. The number of hydrogen-bond acceptors (Lipinski definition) is 9. The lowest BCUT2D eigenvalue weighted by molar-refractivity contribution is -0.143. The van der Waals surface area contributed by atoms with Gasteiger partial charge in [0.05, 0.1) is 13.2 Å². The predicted molar refractivity (Wildman–Crippen MR) is 113 cm³/mol. The average Bonchev–Trinajstić information content (AvgIpc) is 2.65. The first-order valence-electron chi connectivity index (χ1n) is 9.05. The summed E-state index contributed by atoms with van der Waals surface area (Å²) in [6, 6.07) is -1.77. The summed E-state index contributed by atoms with van der Waals surface area (Å²) >= 11 is 0. The molecule has 0 saturated heterocycles. The van der Waals surface area contributed by atoms with Crippen molar-refractivity contribution in [2.24, 2.45) is 0 Å². The van der Waals surface area contributed by atoms with Crippen LogP contribution >= 0.6 is 21.6 Å². The summed E-state index contributed by atoms with van der Waals surface area (Å²) in [6.45, 7) is 5.22. The van der Waals surface area contributed by atoms with E-state index in [1.54, 1.807) is 6.92 Å². The van der Waals surface area contributed by atoms with Crippen LogP contribution in [-0.4, -0.2) is 78.7 Å². The normalized spacial score (nSPS) is 12.1. The maximum Gasteiger partial charge on any atom is 0.325 e. The number of ketones is 1. The SMILES string of the molecule is CCOC(=O)CNC(=O)[C@H](CSSC[C@H](NC(C)=O)C(=O)NCC(C)=O)NC(C)=O. The van der Waals surface area contributed by atoms with E-state index in [1.807, 2.05) is 0 Å². The number of Topliss-reactive ketones (excluding diaryl/α,β-unsaturated/α-hetero) is 1. The molecule has 0 aromatic rings. The molecule has 0 aliphatic carbocycles. The Kier molecular flexibility index (Phi) is 14.4. The maximum atomic E-state index is 12.2. The molecule has 30 heavy (non-hydrogen) atoms. The maximum absolute atomic E-state index is 12.2. The molecular weight excluding hydrogens is 436 g/mol. The molecule has 0 spiro atoms. The Morgan fingerprint density at radius 3 is 1.57 bits per heavy atom. The lowest BCUT2D eigenvalue weighted by Gasteiger charge is -2.19. The van der Waals surface area contributed by atoms with Gasteiger partial charge in [-0.25, -0.2) is 0 Å². The standard InChI is InChI=1S/C17H28N4O7S2/c1-5-28-15(25)7-19-17(27)14(21-12(4)24)9-30-29-8-13(20-11(3)23)16(26)18-6-10(2)22/h13-14H,5-9H2,1-4H3,(H,18,26)(H,19,27)(H,20,23)(H,21,24)/t13-,14-/m0/s1. The highest BCUT2D eigenvalue weighted by Gasteiger charge is 2.23. The van der Waals surface area contributed by atoms with Gasteiger partial charge in [-0.1, -0.05) is 21.6 Å². The van der Waals surface area contributed by atoms with Crippen LogP contribution < -0.4 is 21.3 Å². The number of rotatable bonds is 14. The molecule has 0 aromatic heterocycles. The molecule has 0 fully saturated rings. The smallest absolute Gasteiger partial charge is 0.325 e. The predicted octanol–water partition coefficient (Wildman–Crippen LogP) is -1.24. The van der Waals surface area contributed by atoms with Crippen molar-refractivity contribution in [3.63, 3.8) is 0 Å². The largest absolute Gasteiger partial charge is 0.465 e. The van der Waals surface area contributed by atoms with Gasteiger partial charge in [0.1, 0.15) is 24.4 Å². The van der Waals surface area contributed by atoms with Crippen LogP contribution in [0.2, 0.25) is 0 Å². The molecule has 4 amide bonds. The zero-order chi connectivity index (χ0) is 23.1. The molecule has 0 aromatic carbocycles. The second-order valence-corrected chi connectivity index (χ2v) is 8.57. The molecule has 170 valence electrons. The quantitative estimate of drug-likeness (QED) is 0.140. The number of hydrogen-bond donors (Lipinski definition) is 4. The third-order valence-corrected chi connectivity index (χ3v) is 5.59. The number of amides is 4. The molecule has 0 aliphatic heterocycles. The van der Waals surface area contributed by atoms with E-state index >= 15 is 0 Å². The third-order valence-electron chi connectivity index (χ3n) is 3.16. The van der Waals surface area contributed by atoms with E-state index in [1.165, 1.54) is 42.4 Å². The van der Waals surface area contributed by atoms with E-state index in [4.69, 9.17) is 4.74 Å². The fourth-order valence-electron chi connectivity index (χ4n) is 1.92. The Hall–Kier alpha value is -2.28. The Balaban J connectivity index is 4.66. The van der Waals surface area contributed by atoms with Crippen LogP contribution in [0.3, 0.4) is 0 Å². The highest BCUT2D eigenvalue weighted by Crippen LogP contribution is 2.23. The Morgan fingerprint density at radius 2 is 1.20 bits per heavy atom. The molecule has 11 nitrogen and oxygen atoms in total. The van der Waals surface area contributed by atoms with Crippen LogP contribution in [-0.2, 0) is 33.5 Å². The van der Waals surface area contributed by atoms with Crippen LogP contribution in [0, 0.1) is 0 Å². The van der Waals surface area contributed by atoms with Crippen molar-refractivity contribution in [2.75, 3.05) is 31.2 Å². The summed E-state index contributed by atoms with van der Waals surface area (Å²) in [6.07, 6.45) is 0. The highest BCUT2D eigenvalue weighted by molar-refractivity contribution is 8.76. The molecule has 0 radical (unpaired) electrons. The summed E-state index contributed by atoms with van der Waals surface area (Å²) in [5.74, 6) is -2.37. The molecule has 4 N–H and O–H groups in total. The van der Waals surface area contributed by atoms with Gasteiger partial charge < -0.3 is 26.0 Å². The van der Waals surface area contributed by atoms with Gasteiger partial charge >= 0.3 is 5.97 Å². The second-order valence-electron chi connectivity index (χ2n) is 6.02. The van der Waals surface area contributed by atoms with Gasteiger partial charge in [-0.15, -0.1) is 0 Å². The number of nitrogens with one attached hydrogen (secondary N) is 4. The zero-order valence-electron chi connectivity index (χ0n) is 17.4. The summed E-state index contributed by atoms with van der Waals surface area (Å²) in [4.78, 5) is 69.3. The minimum absolute atomic E-state index is 0.141. The van der Waals surface area contributed by atoms with Crippen LogP contribution in [0.5, 0.6) is 0 Å². The van der Waals surface area contributed by atoms with E-state index in [0.717, 1.165) is 0 Å². The van der Waals surface area contributed by atoms with Crippen molar-refractivity contribution in [1.29, 1.82) is 0 Å². The minimum Gasteiger partial charge on any atom is -0.465 e. The van der Waals surface area contributed by atoms with Gasteiger partial charge in [0.15, 0.2) is 0 Å². The molecule has 13 heteroatoms. The Morgan fingerprint density at radius 1 is 0.767 bits per heavy atom. The lowest BCUT2D eigenvalue weighted by atomic mass is 10.3. The molecular formula is C17H28N4O7S2. The third kappa shape index (κ3) is 13.8. The Bertz CT molecular complexity index is 646. The zero-order valence-corrected chi connectivity index (χ0v) is 19.0. The fraction of sp³-hybridized carbons (Fsp3) is 0.647. The lowest BCUT2D eigenvalue weighted by Crippen LogP contribution is -2.49. The van der Waals surface area contributed by atoms with Crippen molar-refractivity contribution >= 4 is 57.0 Å². The van der Waals surface area contributed by atoms with E-state index in [2.05, 4.69) is 21.3 Å². The van der Waals surface area contributed by atoms with Crippen LogP contribution in [0.15, 0.2) is 0 Å². The second kappa shape index (κ2) is 15.5.